The number of methoxy groups -OCH3 is 2. The van der Waals surface area contributed by atoms with E-state index in [1.165, 1.54) is 25.3 Å². The van der Waals surface area contributed by atoms with Crippen molar-refractivity contribution >= 4 is 34.6 Å². The molecule has 1 aromatic heterocycles. The van der Waals surface area contributed by atoms with Crippen molar-refractivity contribution < 1.29 is 23.5 Å². The minimum atomic E-state index is -0.483. The third kappa shape index (κ3) is 5.03. The highest BCUT2D eigenvalue weighted by atomic mass is 32.1. The van der Waals surface area contributed by atoms with Crippen LogP contribution < -0.4 is 20.1 Å². The van der Waals surface area contributed by atoms with E-state index in [0.29, 0.717) is 40.8 Å². The van der Waals surface area contributed by atoms with E-state index >= 15 is 0 Å². The number of hydrogen-bond acceptors (Lipinski definition) is 7. The van der Waals surface area contributed by atoms with Crippen molar-refractivity contribution in [1.82, 2.24) is 15.1 Å². The van der Waals surface area contributed by atoms with Crippen LogP contribution in [0, 0.1) is 5.82 Å². The van der Waals surface area contributed by atoms with Gasteiger partial charge in [0.2, 0.25) is 5.01 Å². The predicted molar refractivity (Wildman–Crippen MR) is 122 cm³/mol. The van der Waals surface area contributed by atoms with Crippen molar-refractivity contribution in [3.8, 4) is 11.5 Å². The van der Waals surface area contributed by atoms with Crippen molar-refractivity contribution in [3.05, 3.63) is 58.3 Å². The molecule has 33 heavy (non-hydrogen) atoms. The Morgan fingerprint density at radius 3 is 2.61 bits per heavy atom. The highest BCUT2D eigenvalue weighted by Crippen LogP contribution is 2.35. The number of carbonyl (C=O) groups is 2. The maximum atomic E-state index is 13.4. The van der Waals surface area contributed by atoms with Crippen molar-refractivity contribution in [3.63, 3.8) is 0 Å². The zero-order valence-corrected chi connectivity index (χ0v) is 18.8. The fraction of sp³-hybridized carbons (Fsp3) is 0.273. The van der Waals surface area contributed by atoms with E-state index in [-0.39, 0.29) is 17.1 Å². The van der Waals surface area contributed by atoms with Crippen molar-refractivity contribution in [1.29, 1.82) is 0 Å². The van der Waals surface area contributed by atoms with Crippen molar-refractivity contribution in [2.45, 2.75) is 18.9 Å². The Kier molecular flexibility index (Phi) is 6.68. The summed E-state index contributed by atoms with van der Waals surface area (Å²) in [7, 11) is 3.07. The van der Waals surface area contributed by atoms with Gasteiger partial charge in [-0.3, -0.25) is 4.79 Å². The van der Waals surface area contributed by atoms with Crippen LogP contribution in [-0.4, -0.2) is 47.8 Å². The third-order valence-corrected chi connectivity index (χ3v) is 6.17. The number of nitrogens with zero attached hydrogens (tertiary/aromatic N) is 3. The number of urea groups is 1. The van der Waals surface area contributed by atoms with Crippen LogP contribution in [0.25, 0.3) is 0 Å². The maximum absolute atomic E-state index is 13.4. The van der Waals surface area contributed by atoms with E-state index in [1.54, 1.807) is 36.3 Å². The van der Waals surface area contributed by atoms with E-state index in [2.05, 4.69) is 20.8 Å². The molecule has 2 N–H and O–H groups in total. The molecule has 3 amide bonds. The fourth-order valence-electron chi connectivity index (χ4n) is 3.59. The molecule has 9 nitrogen and oxygen atoms in total. The van der Waals surface area contributed by atoms with Gasteiger partial charge < -0.3 is 25.0 Å². The lowest BCUT2D eigenvalue weighted by Gasteiger charge is -2.23. The first-order valence-electron chi connectivity index (χ1n) is 10.2. The summed E-state index contributed by atoms with van der Waals surface area (Å²) in [5.74, 6) is 0.135. The lowest BCUT2D eigenvalue weighted by atomic mass is 10.2. The van der Waals surface area contributed by atoms with Gasteiger partial charge in [0.15, 0.2) is 11.5 Å². The number of nitrogens with one attached hydrogen (secondary N) is 2. The number of anilines is 2. The van der Waals surface area contributed by atoms with Crippen LogP contribution in [0.5, 0.6) is 11.5 Å². The minimum absolute atomic E-state index is 0.140. The monoisotopic (exact) mass is 471 g/mol. The molecule has 2 heterocycles. The van der Waals surface area contributed by atoms with Crippen LogP contribution in [0.1, 0.15) is 33.7 Å². The van der Waals surface area contributed by atoms with Crippen molar-refractivity contribution in [2.75, 3.05) is 31.4 Å². The van der Waals surface area contributed by atoms with E-state index in [4.69, 9.17) is 9.47 Å². The molecule has 1 aliphatic heterocycles. The van der Waals surface area contributed by atoms with Gasteiger partial charge in [-0.1, -0.05) is 17.4 Å². The molecule has 1 atom stereocenters. The summed E-state index contributed by atoms with van der Waals surface area (Å²) in [6.07, 6.45) is 1.51. The summed E-state index contributed by atoms with van der Waals surface area (Å²) in [6, 6.07) is 10.1. The van der Waals surface area contributed by atoms with Crippen LogP contribution in [-0.2, 0) is 0 Å². The molecule has 0 aliphatic carbocycles. The molecule has 0 spiro atoms. The van der Waals surface area contributed by atoms with Crippen LogP contribution in [0.15, 0.2) is 42.5 Å². The van der Waals surface area contributed by atoms with Gasteiger partial charge in [0.25, 0.3) is 5.91 Å². The van der Waals surface area contributed by atoms with Crippen LogP contribution in [0.2, 0.25) is 0 Å². The van der Waals surface area contributed by atoms with E-state index in [0.717, 1.165) is 17.8 Å². The molecule has 0 saturated carbocycles. The van der Waals surface area contributed by atoms with Crippen molar-refractivity contribution in [2.24, 2.45) is 0 Å². The lowest BCUT2D eigenvalue weighted by molar-refractivity contribution is 0.102. The van der Waals surface area contributed by atoms with Gasteiger partial charge in [-0.05, 0) is 43.2 Å². The second-order valence-electron chi connectivity index (χ2n) is 7.26. The molecule has 2 aromatic carbocycles. The Morgan fingerprint density at radius 1 is 1.06 bits per heavy atom. The van der Waals surface area contributed by atoms with Crippen LogP contribution in [0.3, 0.4) is 0 Å². The Bertz CT molecular complexity index is 1170. The first-order valence-corrected chi connectivity index (χ1v) is 11.0. The number of likely N-dealkylation sites (tertiary alicyclic amines) is 1. The molecule has 0 radical (unpaired) electrons. The number of ether oxygens (including phenoxy) is 2. The molecule has 0 unspecified atom stereocenters. The molecule has 11 heteroatoms. The molecule has 0 bridgehead atoms. The second-order valence-corrected chi connectivity index (χ2v) is 8.27. The van der Waals surface area contributed by atoms with Crippen LogP contribution in [0.4, 0.5) is 20.6 Å². The second kappa shape index (κ2) is 9.82. The summed E-state index contributed by atoms with van der Waals surface area (Å²) in [5.41, 5.74) is 0.893. The minimum Gasteiger partial charge on any atom is -0.493 e. The maximum Gasteiger partial charge on any atom is 0.322 e. The molecular weight excluding hydrogens is 449 g/mol. The van der Waals surface area contributed by atoms with E-state index < -0.39 is 11.7 Å². The highest BCUT2D eigenvalue weighted by Gasteiger charge is 2.33. The summed E-state index contributed by atoms with van der Waals surface area (Å²) >= 11 is 1.11. The molecule has 4 rings (SSSR count). The Morgan fingerprint density at radius 2 is 1.85 bits per heavy atom. The Labute approximate surface area is 193 Å². The number of rotatable bonds is 6. The highest BCUT2D eigenvalue weighted by molar-refractivity contribution is 7.13. The van der Waals surface area contributed by atoms with Gasteiger partial charge in [-0.15, -0.1) is 10.2 Å². The zero-order chi connectivity index (χ0) is 23.4. The van der Waals surface area contributed by atoms with Crippen LogP contribution >= 0.6 is 11.3 Å². The first kappa shape index (κ1) is 22.5. The van der Waals surface area contributed by atoms with Gasteiger partial charge in [-0.2, -0.15) is 0 Å². The fourth-order valence-corrected chi connectivity index (χ4v) is 4.47. The molecule has 1 saturated heterocycles. The Hall–Kier alpha value is -3.73. The SMILES string of the molecule is COc1ccc(NC(=O)N2CCC[C@@H]2c2nnc(C(=O)Nc3cccc(F)c3)s2)cc1OC. The largest absolute Gasteiger partial charge is 0.493 e. The first-order chi connectivity index (χ1) is 16.0. The van der Waals surface area contributed by atoms with Gasteiger partial charge in [0.1, 0.15) is 10.8 Å². The zero-order valence-electron chi connectivity index (χ0n) is 18.0. The van der Waals surface area contributed by atoms with Gasteiger partial charge in [0, 0.05) is 24.0 Å². The predicted octanol–water partition coefficient (Wildman–Crippen LogP) is 4.32. The molecule has 172 valence electrons. The smallest absolute Gasteiger partial charge is 0.322 e. The van der Waals surface area contributed by atoms with Gasteiger partial charge in [-0.25, -0.2) is 9.18 Å². The lowest BCUT2D eigenvalue weighted by Crippen LogP contribution is -2.34. The van der Waals surface area contributed by atoms with Gasteiger partial charge in [0.05, 0.1) is 20.3 Å². The molecule has 1 fully saturated rings. The normalized spacial score (nSPS) is 15.2. The van der Waals surface area contributed by atoms with E-state index in [1.807, 2.05) is 0 Å². The third-order valence-electron chi connectivity index (χ3n) is 5.15. The number of amides is 3. The Balaban J connectivity index is 1.44. The van der Waals surface area contributed by atoms with E-state index in [9.17, 15) is 14.0 Å². The average Bonchev–Trinajstić information content (AvgIpc) is 3.48. The molecule has 1 aliphatic rings. The summed E-state index contributed by atoms with van der Waals surface area (Å²) in [4.78, 5) is 27.1. The summed E-state index contributed by atoms with van der Waals surface area (Å²) in [5, 5.41) is 14.3. The van der Waals surface area contributed by atoms with Gasteiger partial charge >= 0.3 is 6.03 Å². The summed E-state index contributed by atoms with van der Waals surface area (Å²) in [6.45, 7) is 0.550. The average molecular weight is 472 g/mol. The number of aromatic nitrogens is 2. The molecular formula is C22H22FN5O4S. The number of carbonyl (C=O) groups excluding carboxylic acids is 2. The number of hydrogen-bond donors (Lipinski definition) is 2. The topological polar surface area (TPSA) is 106 Å². The number of halogens is 1. The summed E-state index contributed by atoms with van der Waals surface area (Å²) < 4.78 is 23.9. The number of benzene rings is 2. The standard InChI is InChI=1S/C22H22FN5O4S/c1-31-17-9-8-15(12-18(17)32-2)25-22(30)28-10-4-7-16(28)20-26-27-21(33-20)19(29)24-14-6-3-5-13(23)11-14/h3,5-6,8-9,11-12,16H,4,7,10H2,1-2H3,(H,24,29)(H,25,30)/t16-/m1/s1. The molecule has 3 aromatic rings. The quantitative estimate of drug-likeness (QED) is 0.555.